The number of carbonyl (C=O) groups excluding carboxylic acids is 1. The van der Waals surface area contributed by atoms with Crippen molar-refractivity contribution in [2.75, 3.05) is 26.2 Å². The number of carbonyl (C=O) groups is 1. The Morgan fingerprint density at radius 1 is 1.12 bits per heavy atom. The summed E-state index contributed by atoms with van der Waals surface area (Å²) in [5.41, 5.74) is -1.04. The highest BCUT2D eigenvalue weighted by molar-refractivity contribution is 5.90. The third-order valence-corrected chi connectivity index (χ3v) is 5.34. The number of H-pyrrole nitrogens is 1. The van der Waals surface area contributed by atoms with Crippen LogP contribution in [0.1, 0.15) is 29.8 Å². The Morgan fingerprint density at radius 3 is 2.38 bits per heavy atom. The predicted octanol–water partition coefficient (Wildman–Crippen LogP) is 1.20. The fourth-order valence-electron chi connectivity index (χ4n) is 3.28. The Kier molecular flexibility index (Phi) is 8.10. The molecule has 2 aromatic carbocycles. The van der Waals surface area contributed by atoms with Crippen LogP contribution in [0.4, 0.5) is 10.1 Å². The Balaban J connectivity index is 1.76. The Labute approximate surface area is 194 Å². The van der Waals surface area contributed by atoms with Crippen molar-refractivity contribution < 1.29 is 23.9 Å². The van der Waals surface area contributed by atoms with Crippen molar-refractivity contribution in [3.05, 3.63) is 86.3 Å². The molecule has 34 heavy (non-hydrogen) atoms. The first-order valence-electron chi connectivity index (χ1n) is 10.8. The molecule has 3 aromatic rings. The fourth-order valence-corrected chi connectivity index (χ4v) is 3.28. The van der Waals surface area contributed by atoms with Gasteiger partial charge in [-0.1, -0.05) is 0 Å². The molecule has 9 nitrogen and oxygen atoms in total. The molecule has 0 fully saturated rings. The van der Waals surface area contributed by atoms with Gasteiger partial charge in [-0.2, -0.15) is 0 Å². The number of aromatic nitrogens is 2. The van der Waals surface area contributed by atoms with Gasteiger partial charge in [0.1, 0.15) is 24.5 Å². The van der Waals surface area contributed by atoms with E-state index >= 15 is 0 Å². The largest absolute Gasteiger partial charge is 0.493 e. The van der Waals surface area contributed by atoms with Gasteiger partial charge in [-0.05, 0) is 62.4 Å². The van der Waals surface area contributed by atoms with E-state index in [0.717, 1.165) is 42.5 Å². The second kappa shape index (κ2) is 11.2. The van der Waals surface area contributed by atoms with Gasteiger partial charge in [-0.15, -0.1) is 0 Å². The molecule has 0 bridgehead atoms. The van der Waals surface area contributed by atoms with Crippen LogP contribution in [0.15, 0.2) is 63.1 Å². The maximum Gasteiger partial charge on any atom is 0.338 e. The van der Waals surface area contributed by atoms with Crippen LogP contribution in [-0.2, 0) is 4.74 Å². The molecule has 0 atom stereocenters. The molecule has 1 heterocycles. The number of quaternary nitrogens is 1. The number of rotatable bonds is 9. The van der Waals surface area contributed by atoms with Gasteiger partial charge in [0.15, 0.2) is 0 Å². The molecule has 10 heteroatoms. The van der Waals surface area contributed by atoms with E-state index in [2.05, 4.69) is 23.8 Å². The van der Waals surface area contributed by atoms with E-state index in [9.17, 15) is 23.9 Å². The number of nitrogens with zero attached hydrogens (tertiary/aromatic N) is 2. The van der Waals surface area contributed by atoms with Gasteiger partial charge in [0.2, 0.25) is 5.88 Å². The number of aliphatic imine (C=N–C) groups is 1. The number of benzene rings is 2. The van der Waals surface area contributed by atoms with Crippen molar-refractivity contribution >= 4 is 17.9 Å². The van der Waals surface area contributed by atoms with Gasteiger partial charge in [-0.3, -0.25) is 14.8 Å². The number of aromatic hydroxyl groups is 1. The van der Waals surface area contributed by atoms with E-state index in [4.69, 9.17) is 4.74 Å². The van der Waals surface area contributed by atoms with E-state index in [-0.39, 0.29) is 11.3 Å². The lowest BCUT2D eigenvalue weighted by molar-refractivity contribution is -0.896. The fraction of sp³-hybridized carbons (Fsp3) is 0.250. The van der Waals surface area contributed by atoms with Gasteiger partial charge in [0, 0.05) is 6.21 Å². The van der Waals surface area contributed by atoms with Crippen LogP contribution in [0.5, 0.6) is 5.88 Å². The SMILES string of the molecule is CC[NH+](CC)CCOC(=O)c1ccc(N=Cc2c(O)n(-c3ccc(F)cc3)c(=O)[nH]c2=O)cc1. The minimum atomic E-state index is -0.878. The first-order valence-corrected chi connectivity index (χ1v) is 10.8. The molecular formula is C24H26FN4O5+. The van der Waals surface area contributed by atoms with Crippen LogP contribution in [-0.4, -0.2) is 53.1 Å². The molecule has 0 aliphatic rings. The summed E-state index contributed by atoms with van der Waals surface area (Å²) in [7, 11) is 0. The van der Waals surface area contributed by atoms with E-state index in [0.29, 0.717) is 17.9 Å². The molecule has 1 aromatic heterocycles. The zero-order valence-corrected chi connectivity index (χ0v) is 18.9. The average molecular weight is 469 g/mol. The summed E-state index contributed by atoms with van der Waals surface area (Å²) in [6.45, 7) is 7.12. The summed E-state index contributed by atoms with van der Waals surface area (Å²) in [5, 5.41) is 10.5. The number of likely N-dealkylation sites (N-methyl/N-ethyl adjacent to an activating group) is 1. The Hall–Kier alpha value is -4.05. The highest BCUT2D eigenvalue weighted by Gasteiger charge is 2.14. The lowest BCUT2D eigenvalue weighted by atomic mass is 10.2. The van der Waals surface area contributed by atoms with Crippen molar-refractivity contribution in [3.8, 4) is 11.6 Å². The third-order valence-electron chi connectivity index (χ3n) is 5.34. The van der Waals surface area contributed by atoms with Crippen LogP contribution in [0.2, 0.25) is 0 Å². The van der Waals surface area contributed by atoms with E-state index in [1.807, 2.05) is 0 Å². The summed E-state index contributed by atoms with van der Waals surface area (Å²) in [4.78, 5) is 44.2. The second-order valence-electron chi connectivity index (χ2n) is 7.46. The molecule has 0 aliphatic heterocycles. The summed E-state index contributed by atoms with van der Waals surface area (Å²) < 4.78 is 19.3. The van der Waals surface area contributed by atoms with E-state index in [1.165, 1.54) is 17.0 Å². The zero-order valence-electron chi connectivity index (χ0n) is 18.9. The number of esters is 1. The molecule has 0 saturated carbocycles. The normalized spacial score (nSPS) is 11.3. The summed E-state index contributed by atoms with van der Waals surface area (Å²) in [6, 6.07) is 11.0. The van der Waals surface area contributed by atoms with E-state index in [1.54, 1.807) is 24.3 Å². The monoisotopic (exact) mass is 469 g/mol. The first kappa shape index (κ1) is 24.6. The minimum Gasteiger partial charge on any atom is -0.493 e. The second-order valence-corrected chi connectivity index (χ2v) is 7.46. The number of ether oxygens (including phenoxy) is 1. The third kappa shape index (κ3) is 5.84. The van der Waals surface area contributed by atoms with Crippen LogP contribution in [0.3, 0.4) is 0 Å². The molecular weight excluding hydrogens is 443 g/mol. The Bertz CT molecular complexity index is 1280. The summed E-state index contributed by atoms with van der Waals surface area (Å²) in [6.07, 6.45) is 1.10. The molecule has 0 saturated heterocycles. The van der Waals surface area contributed by atoms with Gasteiger partial charge < -0.3 is 14.7 Å². The molecule has 0 amide bonds. The predicted molar refractivity (Wildman–Crippen MR) is 125 cm³/mol. The van der Waals surface area contributed by atoms with Crippen LogP contribution in [0.25, 0.3) is 5.69 Å². The Morgan fingerprint density at radius 2 is 1.76 bits per heavy atom. The molecule has 0 radical (unpaired) electrons. The van der Waals surface area contributed by atoms with Gasteiger partial charge >= 0.3 is 11.7 Å². The maximum absolute atomic E-state index is 13.2. The van der Waals surface area contributed by atoms with Gasteiger partial charge in [0.05, 0.1) is 30.0 Å². The molecule has 0 unspecified atom stereocenters. The quantitative estimate of drug-likeness (QED) is 0.322. The minimum absolute atomic E-state index is 0.167. The number of aromatic amines is 1. The number of hydrogen-bond acceptors (Lipinski definition) is 6. The molecule has 3 rings (SSSR count). The summed E-state index contributed by atoms with van der Waals surface area (Å²) >= 11 is 0. The first-order chi connectivity index (χ1) is 16.3. The molecule has 0 spiro atoms. The van der Waals surface area contributed by atoms with E-state index < -0.39 is 28.9 Å². The smallest absolute Gasteiger partial charge is 0.338 e. The van der Waals surface area contributed by atoms with Crippen LogP contribution >= 0.6 is 0 Å². The lowest BCUT2D eigenvalue weighted by Gasteiger charge is -2.15. The number of halogens is 1. The highest BCUT2D eigenvalue weighted by atomic mass is 19.1. The number of hydrogen-bond donors (Lipinski definition) is 3. The molecule has 178 valence electrons. The van der Waals surface area contributed by atoms with Crippen molar-refractivity contribution in [1.29, 1.82) is 0 Å². The number of nitrogens with one attached hydrogen (secondary N) is 2. The van der Waals surface area contributed by atoms with Crippen LogP contribution < -0.4 is 16.1 Å². The van der Waals surface area contributed by atoms with Crippen molar-refractivity contribution in [1.82, 2.24) is 9.55 Å². The maximum atomic E-state index is 13.2. The summed E-state index contributed by atoms with van der Waals surface area (Å²) in [5.74, 6) is -1.60. The van der Waals surface area contributed by atoms with Gasteiger partial charge in [0.25, 0.3) is 5.56 Å². The van der Waals surface area contributed by atoms with Gasteiger partial charge in [-0.25, -0.2) is 18.5 Å². The average Bonchev–Trinajstić information content (AvgIpc) is 2.83. The topological polar surface area (TPSA) is 118 Å². The van der Waals surface area contributed by atoms with Crippen LogP contribution in [0, 0.1) is 5.82 Å². The highest BCUT2D eigenvalue weighted by Crippen LogP contribution is 2.18. The standard InChI is InChI=1S/C24H25FN4O5/c1-3-28(4-2)13-14-34-23(32)16-5-9-18(10-6-16)26-15-20-21(30)27-24(33)29(22(20)31)19-11-7-17(25)8-12-19/h5-12,15,31H,3-4,13-14H2,1-2H3,(H,27,30,33)/p+1. The lowest BCUT2D eigenvalue weighted by Crippen LogP contribution is -3.11. The molecule has 0 aliphatic carbocycles. The van der Waals surface area contributed by atoms with Crippen molar-refractivity contribution in [2.24, 2.45) is 4.99 Å². The zero-order chi connectivity index (χ0) is 24.7. The van der Waals surface area contributed by atoms with Crippen molar-refractivity contribution in [2.45, 2.75) is 13.8 Å². The van der Waals surface area contributed by atoms with Crippen molar-refractivity contribution in [3.63, 3.8) is 0 Å². The molecule has 3 N–H and O–H groups in total.